The second-order valence-corrected chi connectivity index (χ2v) is 6.84. The molecule has 0 bridgehead atoms. The molecule has 0 radical (unpaired) electrons. The van der Waals surface area contributed by atoms with Crippen molar-refractivity contribution in [1.29, 1.82) is 0 Å². The molecule has 22 heavy (non-hydrogen) atoms. The average Bonchev–Trinajstić information content (AvgIpc) is 2.43. The summed E-state index contributed by atoms with van der Waals surface area (Å²) in [5.74, 6) is -2.37. The molecule has 0 saturated carbocycles. The summed E-state index contributed by atoms with van der Waals surface area (Å²) < 4.78 is 31.5. The van der Waals surface area contributed by atoms with Crippen molar-refractivity contribution in [1.82, 2.24) is 4.72 Å². The summed E-state index contributed by atoms with van der Waals surface area (Å²) in [7, 11) is -2.89. The molecule has 1 aromatic carbocycles. The Morgan fingerprint density at radius 2 is 1.86 bits per heavy atom. The zero-order chi connectivity index (χ0) is 17.1. The average molecular weight is 329 g/mol. The van der Waals surface area contributed by atoms with Crippen LogP contribution in [0.3, 0.4) is 0 Å². The lowest BCUT2D eigenvalue weighted by molar-refractivity contribution is -0.140. The normalized spacial score (nSPS) is 13.0. The summed E-state index contributed by atoms with van der Waals surface area (Å²) in [5, 5.41) is 9.10. The molecule has 1 rings (SSSR count). The van der Waals surface area contributed by atoms with E-state index in [4.69, 9.17) is 5.11 Å². The number of rotatable bonds is 6. The van der Waals surface area contributed by atoms with Gasteiger partial charge in [-0.05, 0) is 30.5 Å². The van der Waals surface area contributed by atoms with Gasteiger partial charge in [0.05, 0.1) is 17.6 Å². The first-order valence-corrected chi connectivity index (χ1v) is 8.02. The molecule has 0 aliphatic rings. The summed E-state index contributed by atoms with van der Waals surface area (Å²) in [6.07, 6.45) is 0. The van der Waals surface area contributed by atoms with Crippen molar-refractivity contribution in [2.24, 2.45) is 5.92 Å². The molecule has 1 aromatic rings. The lowest BCUT2D eigenvalue weighted by Gasteiger charge is -2.19. The number of carbonyl (C=O) groups is 2. The lowest BCUT2D eigenvalue weighted by Crippen LogP contribution is -2.44. The number of hydrogen-bond acceptors (Lipinski definition) is 5. The van der Waals surface area contributed by atoms with E-state index in [0.29, 0.717) is 5.56 Å². The van der Waals surface area contributed by atoms with Crippen LogP contribution in [-0.2, 0) is 19.6 Å². The minimum absolute atomic E-state index is 0.0740. The van der Waals surface area contributed by atoms with Crippen LogP contribution in [0.25, 0.3) is 0 Å². The van der Waals surface area contributed by atoms with Crippen LogP contribution in [0.2, 0.25) is 0 Å². The minimum Gasteiger partial charge on any atom is -0.480 e. The Kier molecular flexibility index (Phi) is 5.67. The highest BCUT2D eigenvalue weighted by atomic mass is 32.2. The van der Waals surface area contributed by atoms with Gasteiger partial charge in [-0.25, -0.2) is 13.2 Å². The van der Waals surface area contributed by atoms with Crippen molar-refractivity contribution >= 4 is 22.0 Å². The second kappa shape index (κ2) is 6.89. The number of ether oxygens (including phenoxy) is 1. The summed E-state index contributed by atoms with van der Waals surface area (Å²) >= 11 is 0. The Labute approximate surface area is 129 Å². The number of hydrogen-bond donors (Lipinski definition) is 2. The molecule has 2 N–H and O–H groups in total. The van der Waals surface area contributed by atoms with Gasteiger partial charge in [-0.3, -0.25) is 4.79 Å². The molecular weight excluding hydrogens is 310 g/mol. The van der Waals surface area contributed by atoms with Gasteiger partial charge < -0.3 is 9.84 Å². The Morgan fingerprint density at radius 1 is 1.27 bits per heavy atom. The number of sulfonamides is 1. The van der Waals surface area contributed by atoms with Gasteiger partial charge in [0.1, 0.15) is 6.04 Å². The fourth-order valence-corrected chi connectivity index (χ4v) is 3.44. The van der Waals surface area contributed by atoms with Crippen molar-refractivity contribution in [2.75, 3.05) is 7.11 Å². The number of carbonyl (C=O) groups excluding carboxylic acids is 1. The molecule has 0 saturated heterocycles. The fourth-order valence-electron chi connectivity index (χ4n) is 1.84. The first-order chi connectivity index (χ1) is 10.1. The summed E-state index contributed by atoms with van der Waals surface area (Å²) in [6.45, 7) is 4.75. The van der Waals surface area contributed by atoms with Crippen LogP contribution >= 0.6 is 0 Å². The Morgan fingerprint density at radius 3 is 2.32 bits per heavy atom. The van der Waals surface area contributed by atoms with E-state index in [2.05, 4.69) is 9.46 Å². The third-order valence-corrected chi connectivity index (χ3v) is 4.70. The van der Waals surface area contributed by atoms with E-state index >= 15 is 0 Å². The van der Waals surface area contributed by atoms with Crippen molar-refractivity contribution in [3.8, 4) is 0 Å². The number of esters is 1. The smallest absolute Gasteiger partial charge is 0.337 e. The molecule has 0 fully saturated rings. The molecular formula is C14H19NO6S. The Bertz CT molecular complexity index is 681. The molecule has 7 nitrogen and oxygen atoms in total. The van der Waals surface area contributed by atoms with E-state index in [-0.39, 0.29) is 10.5 Å². The van der Waals surface area contributed by atoms with E-state index in [1.54, 1.807) is 20.8 Å². The Hall–Kier alpha value is -1.93. The molecule has 8 heteroatoms. The van der Waals surface area contributed by atoms with Gasteiger partial charge in [-0.15, -0.1) is 0 Å². The van der Waals surface area contributed by atoms with Crippen LogP contribution in [0.4, 0.5) is 0 Å². The first kappa shape index (κ1) is 18.1. The number of methoxy groups -OCH3 is 1. The zero-order valence-corrected chi connectivity index (χ0v) is 13.6. The van der Waals surface area contributed by atoms with Crippen molar-refractivity contribution in [3.63, 3.8) is 0 Å². The van der Waals surface area contributed by atoms with Crippen molar-refractivity contribution in [2.45, 2.75) is 31.7 Å². The molecule has 0 amide bonds. The largest absolute Gasteiger partial charge is 0.480 e. The van der Waals surface area contributed by atoms with Crippen LogP contribution in [0.5, 0.6) is 0 Å². The predicted molar refractivity (Wildman–Crippen MR) is 79.1 cm³/mol. The van der Waals surface area contributed by atoms with Crippen molar-refractivity contribution in [3.05, 3.63) is 29.3 Å². The fraction of sp³-hybridized carbons (Fsp3) is 0.429. The molecule has 0 heterocycles. The molecule has 0 aliphatic heterocycles. The summed E-state index contributed by atoms with van der Waals surface area (Å²) in [4.78, 5) is 22.5. The highest BCUT2D eigenvalue weighted by Crippen LogP contribution is 2.19. The van der Waals surface area contributed by atoms with E-state index in [0.717, 1.165) is 0 Å². The quantitative estimate of drug-likeness (QED) is 0.758. The number of benzene rings is 1. The number of aliphatic carboxylic acids is 1. The topological polar surface area (TPSA) is 110 Å². The minimum atomic E-state index is -4.08. The molecule has 0 aromatic heterocycles. The highest BCUT2D eigenvalue weighted by molar-refractivity contribution is 7.89. The van der Waals surface area contributed by atoms with Gasteiger partial charge in [0.25, 0.3) is 0 Å². The van der Waals surface area contributed by atoms with Crippen LogP contribution in [0.15, 0.2) is 23.1 Å². The second-order valence-electron chi connectivity index (χ2n) is 5.15. The van der Waals surface area contributed by atoms with E-state index in [1.807, 2.05) is 0 Å². The number of aryl methyl sites for hydroxylation is 1. The molecule has 1 atom stereocenters. The van der Waals surface area contributed by atoms with Crippen LogP contribution < -0.4 is 4.72 Å². The van der Waals surface area contributed by atoms with E-state index in [9.17, 15) is 18.0 Å². The van der Waals surface area contributed by atoms with E-state index in [1.165, 1.54) is 25.3 Å². The lowest BCUT2D eigenvalue weighted by atomic mass is 10.1. The van der Waals surface area contributed by atoms with Gasteiger partial charge in [0, 0.05) is 0 Å². The van der Waals surface area contributed by atoms with Crippen LogP contribution in [0, 0.1) is 12.8 Å². The highest BCUT2D eigenvalue weighted by Gasteiger charge is 2.29. The van der Waals surface area contributed by atoms with Gasteiger partial charge in [0.15, 0.2) is 0 Å². The third kappa shape index (κ3) is 4.05. The predicted octanol–water partition coefficient (Wildman–Crippen LogP) is 1.17. The number of nitrogens with one attached hydrogen (secondary N) is 1. The standard InChI is InChI=1S/C14H19NO6S/c1-8(2)12(13(16)17)15-22(19,20)11-7-10(14(18)21-4)6-5-9(11)3/h5-8,12,15H,1-4H3,(H,16,17). The molecule has 0 aliphatic carbocycles. The first-order valence-electron chi connectivity index (χ1n) is 6.54. The molecule has 122 valence electrons. The van der Waals surface area contributed by atoms with Gasteiger partial charge in [-0.1, -0.05) is 19.9 Å². The van der Waals surface area contributed by atoms with E-state index < -0.39 is 33.9 Å². The third-order valence-electron chi connectivity index (χ3n) is 3.11. The maximum atomic E-state index is 12.4. The maximum Gasteiger partial charge on any atom is 0.337 e. The van der Waals surface area contributed by atoms with Crippen molar-refractivity contribution < 1.29 is 27.9 Å². The number of carboxylic acids is 1. The maximum absolute atomic E-state index is 12.4. The van der Waals surface area contributed by atoms with Gasteiger partial charge in [0.2, 0.25) is 10.0 Å². The zero-order valence-electron chi connectivity index (χ0n) is 12.8. The van der Waals surface area contributed by atoms with Crippen LogP contribution in [-0.4, -0.2) is 38.6 Å². The monoisotopic (exact) mass is 329 g/mol. The van der Waals surface area contributed by atoms with Gasteiger partial charge >= 0.3 is 11.9 Å². The van der Waals surface area contributed by atoms with Gasteiger partial charge in [-0.2, -0.15) is 4.72 Å². The summed E-state index contributed by atoms with van der Waals surface area (Å²) in [5.41, 5.74) is 0.470. The Balaban J connectivity index is 3.27. The van der Waals surface area contributed by atoms with Crippen LogP contribution in [0.1, 0.15) is 29.8 Å². The molecule has 0 spiro atoms. The summed E-state index contributed by atoms with van der Waals surface area (Å²) in [6, 6.07) is 2.82. The number of carboxylic acid groups (broad SMARTS) is 1. The molecule has 1 unspecified atom stereocenters. The SMILES string of the molecule is COC(=O)c1ccc(C)c(S(=O)(=O)NC(C(=O)O)C(C)C)c1.